The molecule has 0 aliphatic carbocycles. The lowest BCUT2D eigenvalue weighted by molar-refractivity contribution is -0.386. The van der Waals surface area contributed by atoms with Gasteiger partial charge in [0, 0.05) is 0 Å². The molecule has 0 unspecified atom stereocenters. The molecule has 0 atom stereocenters. The number of hydrogen-bond donors (Lipinski definition) is 0. The highest BCUT2D eigenvalue weighted by Crippen LogP contribution is 2.33. The van der Waals surface area contributed by atoms with Crippen molar-refractivity contribution in [3.8, 4) is 0 Å². The quantitative estimate of drug-likeness (QED) is 0.470. The van der Waals surface area contributed by atoms with Crippen LogP contribution in [0.1, 0.15) is 17.6 Å². The average molecular weight is 267 g/mol. The second kappa shape index (κ2) is 3.95. The standard InChI is InChI=1S/C7H5BrF2N2O2/c1-3-5(7(9)10)4(12(13)14)2-11-6(3)8/h2,7H,1H3. The van der Waals surface area contributed by atoms with Gasteiger partial charge in [0.2, 0.25) is 0 Å². The largest absolute Gasteiger partial charge is 0.296 e. The third-order valence-corrected chi connectivity index (χ3v) is 2.50. The number of hydrogen-bond acceptors (Lipinski definition) is 3. The first-order valence-electron chi connectivity index (χ1n) is 3.52. The summed E-state index contributed by atoms with van der Waals surface area (Å²) < 4.78 is 25.1. The molecule has 0 aliphatic heterocycles. The van der Waals surface area contributed by atoms with Gasteiger partial charge in [-0.15, -0.1) is 0 Å². The third kappa shape index (κ3) is 1.87. The van der Waals surface area contributed by atoms with Gasteiger partial charge in [-0.05, 0) is 28.4 Å². The van der Waals surface area contributed by atoms with Crippen LogP contribution in [0.15, 0.2) is 10.8 Å². The van der Waals surface area contributed by atoms with Gasteiger partial charge in [-0.25, -0.2) is 13.8 Å². The van der Waals surface area contributed by atoms with Gasteiger partial charge >= 0.3 is 0 Å². The van der Waals surface area contributed by atoms with E-state index in [2.05, 4.69) is 20.9 Å². The molecular formula is C7H5BrF2N2O2. The molecule has 0 radical (unpaired) electrons. The molecule has 14 heavy (non-hydrogen) atoms. The van der Waals surface area contributed by atoms with Crippen LogP contribution in [0.2, 0.25) is 0 Å². The Balaban J connectivity index is 3.45. The summed E-state index contributed by atoms with van der Waals surface area (Å²) in [5, 5.41) is 10.4. The zero-order valence-electron chi connectivity index (χ0n) is 7.00. The highest BCUT2D eigenvalue weighted by atomic mass is 79.9. The molecule has 0 amide bonds. The van der Waals surface area contributed by atoms with Crippen LogP contribution in [0.3, 0.4) is 0 Å². The maximum Gasteiger partial charge on any atom is 0.296 e. The van der Waals surface area contributed by atoms with Crippen LogP contribution in [-0.2, 0) is 0 Å². The van der Waals surface area contributed by atoms with Gasteiger partial charge in [-0.1, -0.05) is 0 Å². The van der Waals surface area contributed by atoms with Crippen LogP contribution in [0.4, 0.5) is 14.5 Å². The molecule has 0 N–H and O–H groups in total. The fourth-order valence-electron chi connectivity index (χ4n) is 1.01. The lowest BCUT2D eigenvalue weighted by Crippen LogP contribution is -2.01. The Labute approximate surface area is 86.2 Å². The van der Waals surface area contributed by atoms with Crippen LogP contribution < -0.4 is 0 Å². The fraction of sp³-hybridized carbons (Fsp3) is 0.286. The molecule has 76 valence electrons. The summed E-state index contributed by atoms with van der Waals surface area (Å²) in [6, 6.07) is 0. The second-order valence-electron chi connectivity index (χ2n) is 2.53. The number of aromatic nitrogens is 1. The molecule has 1 aromatic rings. The van der Waals surface area contributed by atoms with Crippen molar-refractivity contribution in [3.63, 3.8) is 0 Å². The molecular weight excluding hydrogens is 262 g/mol. The van der Waals surface area contributed by atoms with Crippen molar-refractivity contribution in [1.29, 1.82) is 0 Å². The molecule has 1 aromatic heterocycles. The maximum atomic E-state index is 12.5. The van der Waals surface area contributed by atoms with Crippen molar-refractivity contribution >= 4 is 21.6 Å². The normalized spacial score (nSPS) is 10.6. The van der Waals surface area contributed by atoms with Crippen LogP contribution in [0.5, 0.6) is 0 Å². The monoisotopic (exact) mass is 266 g/mol. The lowest BCUT2D eigenvalue weighted by atomic mass is 10.1. The Morgan fingerprint density at radius 3 is 2.64 bits per heavy atom. The van der Waals surface area contributed by atoms with Crippen molar-refractivity contribution in [3.05, 3.63) is 32.0 Å². The highest BCUT2D eigenvalue weighted by Gasteiger charge is 2.25. The molecule has 4 nitrogen and oxygen atoms in total. The van der Waals surface area contributed by atoms with Gasteiger partial charge in [0.25, 0.3) is 12.1 Å². The Hall–Kier alpha value is -1.11. The molecule has 1 heterocycles. The van der Waals surface area contributed by atoms with Crippen molar-refractivity contribution in [2.45, 2.75) is 13.3 Å². The van der Waals surface area contributed by atoms with Gasteiger partial charge in [-0.2, -0.15) is 0 Å². The van der Waals surface area contributed by atoms with E-state index >= 15 is 0 Å². The predicted octanol–water partition coefficient (Wildman–Crippen LogP) is 3.00. The molecule has 0 bridgehead atoms. The molecule has 7 heteroatoms. The predicted molar refractivity (Wildman–Crippen MR) is 48.3 cm³/mol. The molecule has 0 aromatic carbocycles. The summed E-state index contributed by atoms with van der Waals surface area (Å²) >= 11 is 2.93. The second-order valence-corrected chi connectivity index (χ2v) is 3.28. The van der Waals surface area contributed by atoms with Crippen LogP contribution in [0, 0.1) is 17.0 Å². The van der Waals surface area contributed by atoms with Crippen molar-refractivity contribution in [1.82, 2.24) is 4.98 Å². The number of nitro groups is 1. The van der Waals surface area contributed by atoms with Crippen molar-refractivity contribution in [2.24, 2.45) is 0 Å². The van der Waals surface area contributed by atoms with Crippen LogP contribution >= 0.6 is 15.9 Å². The summed E-state index contributed by atoms with van der Waals surface area (Å²) in [7, 11) is 0. The Bertz CT molecular complexity index is 384. The summed E-state index contributed by atoms with van der Waals surface area (Å²) in [4.78, 5) is 13.1. The van der Waals surface area contributed by atoms with Gasteiger partial charge in [0.15, 0.2) is 0 Å². The van der Waals surface area contributed by atoms with E-state index in [1.807, 2.05) is 0 Å². The molecule has 1 rings (SSSR count). The van der Waals surface area contributed by atoms with E-state index in [0.717, 1.165) is 6.20 Å². The van der Waals surface area contributed by atoms with Gasteiger partial charge < -0.3 is 0 Å². The van der Waals surface area contributed by atoms with E-state index in [1.165, 1.54) is 6.92 Å². The van der Waals surface area contributed by atoms with Gasteiger partial charge in [0.1, 0.15) is 16.4 Å². The van der Waals surface area contributed by atoms with E-state index in [4.69, 9.17) is 0 Å². The first-order chi connectivity index (χ1) is 6.45. The average Bonchev–Trinajstić information content (AvgIpc) is 2.08. The minimum absolute atomic E-state index is 0.0919. The van der Waals surface area contributed by atoms with E-state index in [1.54, 1.807) is 0 Å². The van der Waals surface area contributed by atoms with Crippen LogP contribution in [0.25, 0.3) is 0 Å². The van der Waals surface area contributed by atoms with Crippen molar-refractivity contribution in [2.75, 3.05) is 0 Å². The summed E-state index contributed by atoms with van der Waals surface area (Å²) in [6.45, 7) is 1.35. The summed E-state index contributed by atoms with van der Waals surface area (Å²) in [6.07, 6.45) is -2.06. The van der Waals surface area contributed by atoms with E-state index in [-0.39, 0.29) is 10.2 Å². The zero-order chi connectivity index (χ0) is 10.9. The number of rotatable bonds is 2. The molecule has 0 aliphatic rings. The number of alkyl halides is 2. The smallest absolute Gasteiger partial charge is 0.258 e. The Morgan fingerprint density at radius 1 is 1.64 bits per heavy atom. The SMILES string of the molecule is Cc1c(Br)ncc([N+](=O)[O-])c1C(F)F. The molecule has 0 fully saturated rings. The van der Waals surface area contributed by atoms with E-state index in [9.17, 15) is 18.9 Å². The molecule has 0 saturated heterocycles. The third-order valence-electron chi connectivity index (χ3n) is 1.70. The minimum atomic E-state index is -2.88. The Morgan fingerprint density at radius 2 is 2.21 bits per heavy atom. The summed E-state index contributed by atoms with van der Waals surface area (Å²) in [5.74, 6) is 0. The summed E-state index contributed by atoms with van der Waals surface area (Å²) in [5.41, 5.74) is -1.15. The van der Waals surface area contributed by atoms with Gasteiger partial charge in [0.05, 0.1) is 4.92 Å². The van der Waals surface area contributed by atoms with Crippen molar-refractivity contribution < 1.29 is 13.7 Å². The highest BCUT2D eigenvalue weighted by molar-refractivity contribution is 9.10. The minimum Gasteiger partial charge on any atom is -0.258 e. The Kier molecular flexibility index (Phi) is 3.10. The number of nitrogens with zero attached hydrogens (tertiary/aromatic N) is 2. The molecule has 0 spiro atoms. The lowest BCUT2D eigenvalue weighted by Gasteiger charge is -2.05. The van der Waals surface area contributed by atoms with Gasteiger partial charge in [-0.3, -0.25) is 10.1 Å². The topological polar surface area (TPSA) is 56.0 Å². The van der Waals surface area contributed by atoms with E-state index < -0.39 is 22.6 Å². The van der Waals surface area contributed by atoms with Crippen LogP contribution in [-0.4, -0.2) is 9.91 Å². The first kappa shape index (κ1) is 11.0. The number of pyridine rings is 1. The van der Waals surface area contributed by atoms with E-state index in [0.29, 0.717) is 0 Å². The first-order valence-corrected chi connectivity index (χ1v) is 4.32. The fourth-order valence-corrected chi connectivity index (χ4v) is 1.32. The molecule has 0 saturated carbocycles. The number of halogens is 3. The zero-order valence-corrected chi connectivity index (χ0v) is 8.59. The maximum absolute atomic E-state index is 12.5.